The molecule has 2 aromatic heterocycles. The van der Waals surface area contributed by atoms with E-state index in [4.69, 9.17) is 4.42 Å². The van der Waals surface area contributed by atoms with Crippen molar-refractivity contribution >= 4 is 16.8 Å². The molecule has 7 heteroatoms. The normalized spacial score (nSPS) is 12.0. The highest BCUT2D eigenvalue weighted by Gasteiger charge is 2.24. The highest BCUT2D eigenvalue weighted by Crippen LogP contribution is 2.17. The fourth-order valence-electron chi connectivity index (χ4n) is 3.73. The van der Waals surface area contributed by atoms with Crippen LogP contribution in [0.3, 0.4) is 0 Å². The molecule has 1 amide bonds. The van der Waals surface area contributed by atoms with Crippen LogP contribution in [0.1, 0.15) is 30.7 Å². The lowest BCUT2D eigenvalue weighted by molar-refractivity contribution is -0.124. The van der Waals surface area contributed by atoms with Gasteiger partial charge in [-0.3, -0.25) is 18.7 Å². The number of fused-ring (bicyclic) bond motifs is 1. The average Bonchev–Trinajstić information content (AvgIpc) is 3.32. The lowest BCUT2D eigenvalue weighted by atomic mass is 10.1. The third kappa shape index (κ3) is 4.07. The van der Waals surface area contributed by atoms with Gasteiger partial charge in [0.05, 0.1) is 30.3 Å². The molecule has 0 spiro atoms. The maximum atomic E-state index is 13.5. The number of amides is 1. The van der Waals surface area contributed by atoms with E-state index in [0.717, 1.165) is 5.56 Å². The largest absolute Gasteiger partial charge is 0.467 e. The summed E-state index contributed by atoms with van der Waals surface area (Å²) in [7, 11) is 0. The molecule has 0 aliphatic rings. The second-order valence-corrected chi connectivity index (χ2v) is 7.27. The number of nitrogens with zero attached hydrogens (tertiary/aromatic N) is 2. The Hall–Kier alpha value is -3.87. The summed E-state index contributed by atoms with van der Waals surface area (Å²) in [6, 6.07) is 19.0. The molecule has 0 bridgehead atoms. The van der Waals surface area contributed by atoms with Gasteiger partial charge in [0.1, 0.15) is 11.8 Å². The third-order valence-electron chi connectivity index (χ3n) is 5.28. The molecule has 0 aliphatic heterocycles. The molecule has 2 heterocycles. The number of furan rings is 1. The van der Waals surface area contributed by atoms with Crippen LogP contribution in [0.25, 0.3) is 10.9 Å². The lowest BCUT2D eigenvalue weighted by Gasteiger charge is -2.21. The lowest BCUT2D eigenvalue weighted by Crippen LogP contribution is -2.45. The highest BCUT2D eigenvalue weighted by molar-refractivity contribution is 5.84. The number of rotatable bonds is 7. The number of hydrogen-bond acceptors (Lipinski definition) is 4. The van der Waals surface area contributed by atoms with E-state index in [1.165, 1.54) is 15.4 Å². The fourth-order valence-corrected chi connectivity index (χ4v) is 3.73. The van der Waals surface area contributed by atoms with Crippen molar-refractivity contribution in [1.29, 1.82) is 0 Å². The van der Waals surface area contributed by atoms with Crippen LogP contribution in [0.15, 0.2) is 87.0 Å². The number of aromatic nitrogens is 2. The molecular formula is C24H23N3O4. The number of carbonyl (C=O) groups is 1. The van der Waals surface area contributed by atoms with Crippen LogP contribution in [0.5, 0.6) is 0 Å². The van der Waals surface area contributed by atoms with Gasteiger partial charge < -0.3 is 9.73 Å². The Morgan fingerprint density at radius 3 is 2.45 bits per heavy atom. The Kier molecular flexibility index (Phi) is 5.84. The quantitative estimate of drug-likeness (QED) is 0.501. The number of hydrogen-bond donors (Lipinski definition) is 1. The zero-order valence-corrected chi connectivity index (χ0v) is 17.2. The van der Waals surface area contributed by atoms with Crippen LogP contribution in [-0.2, 0) is 17.9 Å². The van der Waals surface area contributed by atoms with E-state index < -0.39 is 11.7 Å². The molecule has 31 heavy (non-hydrogen) atoms. The maximum Gasteiger partial charge on any atom is 0.332 e. The summed E-state index contributed by atoms with van der Waals surface area (Å²) in [4.78, 5) is 39.6. The van der Waals surface area contributed by atoms with E-state index in [1.807, 2.05) is 37.3 Å². The molecule has 4 rings (SSSR count). The van der Waals surface area contributed by atoms with Crippen molar-refractivity contribution in [3.05, 3.63) is 105 Å². The van der Waals surface area contributed by atoms with E-state index in [9.17, 15) is 14.4 Å². The van der Waals surface area contributed by atoms with Crippen molar-refractivity contribution < 1.29 is 9.21 Å². The zero-order chi connectivity index (χ0) is 21.8. The molecule has 2 aromatic carbocycles. The average molecular weight is 417 g/mol. The Morgan fingerprint density at radius 1 is 1.00 bits per heavy atom. The topological polar surface area (TPSA) is 86.2 Å². The van der Waals surface area contributed by atoms with Crippen LogP contribution in [0.4, 0.5) is 0 Å². The standard InChI is InChI=1S/C24H23N3O4/c1-2-20(22(28)25-15-18-11-8-14-31-18)27-21-13-7-6-12-19(21)23(29)26(24(27)30)16-17-9-4-3-5-10-17/h3-14,20H,2,15-16H2,1H3,(H,25,28). The number of benzene rings is 2. The summed E-state index contributed by atoms with van der Waals surface area (Å²) < 4.78 is 7.89. The molecule has 1 N–H and O–H groups in total. The molecule has 1 unspecified atom stereocenters. The minimum Gasteiger partial charge on any atom is -0.467 e. The third-order valence-corrected chi connectivity index (χ3v) is 5.28. The Bertz CT molecular complexity index is 1300. The second-order valence-electron chi connectivity index (χ2n) is 7.27. The van der Waals surface area contributed by atoms with Crippen LogP contribution in [-0.4, -0.2) is 15.0 Å². The maximum absolute atomic E-state index is 13.5. The van der Waals surface area contributed by atoms with Gasteiger partial charge in [-0.1, -0.05) is 49.4 Å². The Balaban J connectivity index is 1.80. The monoisotopic (exact) mass is 417 g/mol. The molecule has 0 saturated heterocycles. The van der Waals surface area contributed by atoms with Crippen molar-refractivity contribution in [2.45, 2.75) is 32.5 Å². The van der Waals surface area contributed by atoms with Crippen LogP contribution in [0, 0.1) is 0 Å². The SMILES string of the molecule is CCC(C(=O)NCc1ccco1)n1c(=O)n(Cc2ccccc2)c(=O)c2ccccc21. The fraction of sp³-hybridized carbons (Fsp3) is 0.208. The van der Waals surface area contributed by atoms with Crippen molar-refractivity contribution in [2.24, 2.45) is 0 Å². The van der Waals surface area contributed by atoms with Crippen molar-refractivity contribution in [1.82, 2.24) is 14.5 Å². The molecule has 1 atom stereocenters. The minimum absolute atomic E-state index is 0.133. The minimum atomic E-state index is -0.769. The smallest absolute Gasteiger partial charge is 0.332 e. The first kappa shape index (κ1) is 20.4. The summed E-state index contributed by atoms with van der Waals surface area (Å²) in [5, 5.41) is 3.23. The van der Waals surface area contributed by atoms with Crippen molar-refractivity contribution in [2.75, 3.05) is 0 Å². The van der Waals surface area contributed by atoms with Gasteiger partial charge in [0, 0.05) is 0 Å². The summed E-state index contributed by atoms with van der Waals surface area (Å²) in [5.74, 6) is 0.311. The van der Waals surface area contributed by atoms with Crippen LogP contribution >= 0.6 is 0 Å². The predicted octanol–water partition coefficient (Wildman–Crippen LogP) is 3.07. The number of para-hydroxylation sites is 1. The first-order chi connectivity index (χ1) is 15.1. The molecule has 4 aromatic rings. The van der Waals surface area contributed by atoms with Gasteiger partial charge in [0.2, 0.25) is 5.91 Å². The van der Waals surface area contributed by atoms with Gasteiger partial charge in [0.25, 0.3) is 5.56 Å². The summed E-state index contributed by atoms with van der Waals surface area (Å²) in [6.07, 6.45) is 1.92. The second kappa shape index (κ2) is 8.87. The summed E-state index contributed by atoms with van der Waals surface area (Å²) in [6.45, 7) is 2.19. The number of nitrogens with one attached hydrogen (secondary N) is 1. The summed E-state index contributed by atoms with van der Waals surface area (Å²) >= 11 is 0. The summed E-state index contributed by atoms with van der Waals surface area (Å²) in [5.41, 5.74) is 0.403. The first-order valence-corrected chi connectivity index (χ1v) is 10.2. The van der Waals surface area contributed by atoms with Gasteiger partial charge in [0.15, 0.2) is 0 Å². The van der Waals surface area contributed by atoms with Gasteiger partial charge in [-0.25, -0.2) is 4.79 Å². The van der Waals surface area contributed by atoms with Gasteiger partial charge >= 0.3 is 5.69 Å². The zero-order valence-electron chi connectivity index (χ0n) is 17.2. The van der Waals surface area contributed by atoms with Crippen molar-refractivity contribution in [3.8, 4) is 0 Å². The van der Waals surface area contributed by atoms with Gasteiger partial charge in [-0.2, -0.15) is 0 Å². The molecule has 158 valence electrons. The van der Waals surface area contributed by atoms with Crippen LogP contribution in [0.2, 0.25) is 0 Å². The first-order valence-electron chi connectivity index (χ1n) is 10.2. The highest BCUT2D eigenvalue weighted by atomic mass is 16.3. The van der Waals surface area contributed by atoms with E-state index >= 15 is 0 Å². The van der Waals surface area contributed by atoms with Crippen molar-refractivity contribution in [3.63, 3.8) is 0 Å². The van der Waals surface area contributed by atoms with E-state index in [1.54, 1.807) is 36.4 Å². The molecule has 0 aliphatic carbocycles. The molecule has 0 fully saturated rings. The Morgan fingerprint density at radius 2 is 1.74 bits per heavy atom. The number of carbonyl (C=O) groups excluding carboxylic acids is 1. The van der Waals surface area contributed by atoms with E-state index in [2.05, 4.69) is 5.32 Å². The predicted molar refractivity (Wildman–Crippen MR) is 118 cm³/mol. The molecular weight excluding hydrogens is 394 g/mol. The van der Waals surface area contributed by atoms with Gasteiger partial charge in [-0.05, 0) is 36.2 Å². The van der Waals surface area contributed by atoms with E-state index in [0.29, 0.717) is 23.1 Å². The molecule has 0 radical (unpaired) electrons. The Labute approximate surface area is 178 Å². The molecule has 7 nitrogen and oxygen atoms in total. The molecule has 0 saturated carbocycles. The van der Waals surface area contributed by atoms with Gasteiger partial charge in [-0.15, -0.1) is 0 Å². The van der Waals surface area contributed by atoms with E-state index in [-0.39, 0.29) is 24.6 Å². The van der Waals surface area contributed by atoms with Crippen LogP contribution < -0.4 is 16.6 Å².